The fourth-order valence-electron chi connectivity index (χ4n) is 5.72. The van der Waals surface area contributed by atoms with Crippen LogP contribution in [0, 0.1) is 11.3 Å². The lowest BCUT2D eigenvalue weighted by Crippen LogP contribution is -2.41. The smallest absolute Gasteiger partial charge is 0.318 e. The number of hydrogen-bond acceptors (Lipinski definition) is 6. The van der Waals surface area contributed by atoms with Gasteiger partial charge in [0.05, 0.1) is 27.2 Å². The molecule has 8 nitrogen and oxygen atoms in total. The van der Waals surface area contributed by atoms with Gasteiger partial charge in [0.2, 0.25) is 11.8 Å². The fraction of sp³-hybridized carbons (Fsp3) is 0.560. The predicted octanol–water partition coefficient (Wildman–Crippen LogP) is 2.95. The van der Waals surface area contributed by atoms with E-state index >= 15 is 0 Å². The molecule has 1 aromatic rings. The van der Waals surface area contributed by atoms with E-state index in [9.17, 15) is 14.4 Å². The summed E-state index contributed by atoms with van der Waals surface area (Å²) in [5, 5.41) is 2.91. The molecule has 3 aliphatic rings. The highest BCUT2D eigenvalue weighted by molar-refractivity contribution is 5.99. The summed E-state index contributed by atoms with van der Waals surface area (Å²) in [6.07, 6.45) is 4.99. The number of amides is 2. The largest absolute Gasteiger partial charge is 0.493 e. The number of hydrogen-bond donors (Lipinski definition) is 1. The Bertz CT molecular complexity index is 987. The van der Waals surface area contributed by atoms with Crippen molar-refractivity contribution in [1.82, 2.24) is 10.2 Å². The van der Waals surface area contributed by atoms with E-state index in [1.54, 1.807) is 31.3 Å². The predicted molar refractivity (Wildman–Crippen MR) is 120 cm³/mol. The number of allylic oxidation sites excluding steroid dienone is 1. The van der Waals surface area contributed by atoms with Gasteiger partial charge in [-0.2, -0.15) is 0 Å². The summed E-state index contributed by atoms with van der Waals surface area (Å²) >= 11 is 0. The molecule has 1 N–H and O–H groups in total. The number of carbonyl (C=O) groups excluding carboxylic acids is 3. The Hall–Kier alpha value is -3.03. The Labute approximate surface area is 194 Å². The number of methoxy groups -OCH3 is 3. The van der Waals surface area contributed by atoms with Crippen LogP contribution in [0.15, 0.2) is 29.5 Å². The monoisotopic (exact) mass is 456 g/mol. The maximum absolute atomic E-state index is 13.5. The third kappa shape index (κ3) is 3.96. The van der Waals surface area contributed by atoms with Crippen LogP contribution in [-0.4, -0.2) is 50.6 Å². The lowest BCUT2D eigenvalue weighted by molar-refractivity contribution is -0.155. The van der Waals surface area contributed by atoms with E-state index in [-0.39, 0.29) is 24.8 Å². The molecule has 2 amide bonds. The molecule has 0 aromatic heterocycles. The third-order valence-corrected chi connectivity index (χ3v) is 7.22. The number of nitrogens with zero attached hydrogens (tertiary/aromatic N) is 1. The van der Waals surface area contributed by atoms with Gasteiger partial charge in [-0.3, -0.25) is 14.4 Å². The third-order valence-electron chi connectivity index (χ3n) is 7.22. The van der Waals surface area contributed by atoms with E-state index in [1.165, 1.54) is 12.7 Å². The van der Waals surface area contributed by atoms with Crippen molar-refractivity contribution in [3.05, 3.63) is 35.0 Å². The summed E-state index contributed by atoms with van der Waals surface area (Å²) in [6, 6.07) is 5.43. The van der Waals surface area contributed by atoms with Crippen LogP contribution in [0.4, 0.5) is 0 Å². The van der Waals surface area contributed by atoms with Gasteiger partial charge in [0, 0.05) is 25.2 Å². The molecule has 2 heterocycles. The van der Waals surface area contributed by atoms with Crippen LogP contribution in [-0.2, 0) is 25.7 Å². The summed E-state index contributed by atoms with van der Waals surface area (Å²) in [5.41, 5.74) is 1.81. The lowest BCUT2D eigenvalue weighted by Gasteiger charge is -2.34. The molecule has 1 fully saturated rings. The molecule has 4 rings (SSSR count). The van der Waals surface area contributed by atoms with Crippen LogP contribution >= 0.6 is 0 Å². The van der Waals surface area contributed by atoms with Crippen molar-refractivity contribution in [1.29, 1.82) is 0 Å². The molecule has 1 aliphatic carbocycles. The molecule has 0 radical (unpaired) electrons. The van der Waals surface area contributed by atoms with Crippen molar-refractivity contribution in [2.75, 3.05) is 27.9 Å². The first kappa shape index (κ1) is 23.1. The Balaban J connectivity index is 1.56. The summed E-state index contributed by atoms with van der Waals surface area (Å²) in [7, 11) is 4.49. The molecule has 0 saturated carbocycles. The second kappa shape index (κ2) is 9.45. The molecule has 178 valence electrons. The van der Waals surface area contributed by atoms with Gasteiger partial charge in [-0.1, -0.05) is 12.5 Å². The van der Waals surface area contributed by atoms with Gasteiger partial charge < -0.3 is 24.4 Å². The second-order valence-electron chi connectivity index (χ2n) is 8.94. The van der Waals surface area contributed by atoms with Gasteiger partial charge in [0.25, 0.3) is 0 Å². The summed E-state index contributed by atoms with van der Waals surface area (Å²) in [5.74, 6) is -0.342. The van der Waals surface area contributed by atoms with Crippen molar-refractivity contribution >= 4 is 17.8 Å². The second-order valence-corrected chi connectivity index (χ2v) is 8.94. The highest BCUT2D eigenvalue weighted by Gasteiger charge is 2.62. The van der Waals surface area contributed by atoms with E-state index in [0.717, 1.165) is 43.4 Å². The lowest BCUT2D eigenvalue weighted by atomic mass is 9.70. The number of rotatable bonds is 7. The van der Waals surface area contributed by atoms with Gasteiger partial charge in [-0.25, -0.2) is 0 Å². The first-order chi connectivity index (χ1) is 16.0. The minimum Gasteiger partial charge on any atom is -0.493 e. The van der Waals surface area contributed by atoms with Crippen molar-refractivity contribution in [3.8, 4) is 11.5 Å². The number of esters is 1. The summed E-state index contributed by atoms with van der Waals surface area (Å²) < 4.78 is 15.8. The van der Waals surface area contributed by atoms with Crippen LogP contribution in [0.25, 0.3) is 0 Å². The highest BCUT2D eigenvalue weighted by atomic mass is 16.5. The SMILES string of the molecule is COC(=O)[C@@]12CCCCC3=C1N(CCC3)C(=O)[C@H]2CC(=O)NCc1ccc(OC)c(OC)c1. The molecule has 2 atom stereocenters. The molecule has 8 heteroatoms. The van der Waals surface area contributed by atoms with Gasteiger partial charge in [-0.15, -0.1) is 0 Å². The van der Waals surface area contributed by atoms with Crippen molar-refractivity contribution < 1.29 is 28.6 Å². The first-order valence-corrected chi connectivity index (χ1v) is 11.6. The average Bonchev–Trinajstić information content (AvgIpc) is 2.97. The normalized spacial score (nSPS) is 24.2. The number of benzene rings is 1. The van der Waals surface area contributed by atoms with Gasteiger partial charge in [0.15, 0.2) is 11.5 Å². The van der Waals surface area contributed by atoms with Crippen LogP contribution < -0.4 is 14.8 Å². The van der Waals surface area contributed by atoms with E-state index in [4.69, 9.17) is 14.2 Å². The Morgan fingerprint density at radius 2 is 1.85 bits per heavy atom. The topological polar surface area (TPSA) is 94.2 Å². The minimum absolute atomic E-state index is 0.0471. The number of carbonyl (C=O) groups is 3. The number of nitrogens with one attached hydrogen (secondary N) is 1. The summed E-state index contributed by atoms with van der Waals surface area (Å²) in [6.45, 7) is 0.878. The Morgan fingerprint density at radius 3 is 2.58 bits per heavy atom. The molecule has 33 heavy (non-hydrogen) atoms. The fourth-order valence-corrected chi connectivity index (χ4v) is 5.72. The van der Waals surface area contributed by atoms with Gasteiger partial charge in [0.1, 0.15) is 5.41 Å². The molecule has 1 saturated heterocycles. The van der Waals surface area contributed by atoms with Gasteiger partial charge in [-0.05, 0) is 55.4 Å². The van der Waals surface area contributed by atoms with E-state index in [2.05, 4.69) is 5.32 Å². The van der Waals surface area contributed by atoms with Crippen LogP contribution in [0.5, 0.6) is 11.5 Å². The van der Waals surface area contributed by atoms with E-state index in [1.807, 2.05) is 6.07 Å². The quantitative estimate of drug-likeness (QED) is 0.634. The number of ether oxygens (including phenoxy) is 3. The molecule has 0 unspecified atom stereocenters. The van der Waals surface area contributed by atoms with Gasteiger partial charge >= 0.3 is 5.97 Å². The van der Waals surface area contributed by atoms with Crippen molar-refractivity contribution in [2.24, 2.45) is 11.3 Å². The maximum Gasteiger partial charge on any atom is 0.318 e. The average molecular weight is 457 g/mol. The molecule has 0 bridgehead atoms. The zero-order valence-corrected chi connectivity index (χ0v) is 19.6. The molecule has 1 aromatic carbocycles. The first-order valence-electron chi connectivity index (χ1n) is 11.6. The molecule has 0 spiro atoms. The summed E-state index contributed by atoms with van der Waals surface area (Å²) in [4.78, 5) is 41.4. The highest BCUT2D eigenvalue weighted by Crippen LogP contribution is 2.56. The minimum atomic E-state index is -1.06. The Kier molecular flexibility index (Phi) is 6.63. The van der Waals surface area contributed by atoms with Crippen LogP contribution in [0.3, 0.4) is 0 Å². The Morgan fingerprint density at radius 1 is 1.09 bits per heavy atom. The maximum atomic E-state index is 13.5. The molecule has 2 aliphatic heterocycles. The van der Waals surface area contributed by atoms with E-state index < -0.39 is 17.3 Å². The standard InChI is InChI=1S/C25H32N2O6/c1-31-19-10-9-16(13-20(19)32-2)15-26-21(28)14-18-23(29)27-12-6-8-17-7-4-5-11-25(18,22(17)27)24(30)33-3/h9-10,13,18H,4-8,11-12,14-15H2,1-3H3,(H,26,28)/t18-,25-/m1/s1. The van der Waals surface area contributed by atoms with Crippen molar-refractivity contribution in [2.45, 2.75) is 51.5 Å². The van der Waals surface area contributed by atoms with Crippen molar-refractivity contribution in [3.63, 3.8) is 0 Å². The molecular formula is C25H32N2O6. The van der Waals surface area contributed by atoms with Crippen LogP contribution in [0.2, 0.25) is 0 Å². The van der Waals surface area contributed by atoms with Crippen LogP contribution in [0.1, 0.15) is 50.5 Å². The zero-order chi connectivity index (χ0) is 23.6. The van der Waals surface area contributed by atoms with E-state index in [0.29, 0.717) is 24.5 Å². The molecular weight excluding hydrogens is 424 g/mol. The zero-order valence-electron chi connectivity index (χ0n) is 19.6.